The van der Waals surface area contributed by atoms with Crippen molar-refractivity contribution in [1.29, 1.82) is 0 Å². The molecule has 0 amide bonds. The fourth-order valence-electron chi connectivity index (χ4n) is 2.45. The molecule has 0 unspecified atom stereocenters. The van der Waals surface area contributed by atoms with E-state index in [4.69, 9.17) is 4.98 Å². The van der Waals surface area contributed by atoms with Crippen molar-refractivity contribution < 1.29 is 0 Å². The Morgan fingerprint density at radius 1 is 1.42 bits per heavy atom. The predicted octanol–water partition coefficient (Wildman–Crippen LogP) is 3.92. The molecule has 1 aliphatic carbocycles. The lowest BCUT2D eigenvalue weighted by Crippen LogP contribution is -2.19. The average molecular weight is 392 g/mol. The zero-order valence-electron chi connectivity index (χ0n) is 11.5. The first-order chi connectivity index (χ1) is 9.08. The minimum absolute atomic E-state index is 0.0395. The lowest BCUT2D eigenvalue weighted by molar-refractivity contribution is 0.679. The van der Waals surface area contributed by atoms with Crippen molar-refractivity contribution in [1.82, 2.24) is 9.97 Å². The van der Waals surface area contributed by atoms with Crippen LogP contribution in [-0.4, -0.2) is 15.7 Å². The summed E-state index contributed by atoms with van der Waals surface area (Å²) in [5.41, 5.74) is 1.08. The zero-order chi connectivity index (χ0) is 13.8. The third-order valence-electron chi connectivity index (χ3n) is 3.37. The number of H-pyrrole nitrogens is 1. The van der Waals surface area contributed by atoms with Gasteiger partial charge < -0.3 is 4.98 Å². The summed E-state index contributed by atoms with van der Waals surface area (Å²) >= 11 is 3.99. The highest BCUT2D eigenvalue weighted by Crippen LogP contribution is 2.34. The van der Waals surface area contributed by atoms with Gasteiger partial charge in [-0.1, -0.05) is 26.7 Å². The molecule has 3 nitrogen and oxygen atoms in total. The molecule has 1 fully saturated rings. The molecule has 0 atom stereocenters. The molecule has 0 aliphatic heterocycles. The quantitative estimate of drug-likeness (QED) is 0.773. The number of thioether (sulfide) groups is 1. The normalized spacial score (nSPS) is 16.4. The van der Waals surface area contributed by atoms with E-state index in [1.807, 2.05) is 11.8 Å². The molecule has 1 heterocycles. The molecule has 1 N–H and O–H groups in total. The van der Waals surface area contributed by atoms with Crippen LogP contribution >= 0.6 is 34.4 Å². The molecule has 2 rings (SSSR count). The molecule has 1 aliphatic rings. The van der Waals surface area contributed by atoms with Crippen molar-refractivity contribution >= 4 is 34.4 Å². The number of hydrogen-bond donors (Lipinski definition) is 1. The molecule has 0 aromatic carbocycles. The molecule has 0 saturated heterocycles. The Morgan fingerprint density at radius 3 is 2.74 bits per heavy atom. The maximum atomic E-state index is 12.0. The topological polar surface area (TPSA) is 45.8 Å². The van der Waals surface area contributed by atoms with Gasteiger partial charge in [-0.3, -0.25) is 4.79 Å². The summed E-state index contributed by atoms with van der Waals surface area (Å²) in [5, 5.41) is 0. The lowest BCUT2D eigenvalue weighted by atomic mass is 10.0. The van der Waals surface area contributed by atoms with E-state index in [-0.39, 0.29) is 5.56 Å². The van der Waals surface area contributed by atoms with Gasteiger partial charge in [0.25, 0.3) is 5.56 Å². The second-order valence-electron chi connectivity index (χ2n) is 5.60. The van der Waals surface area contributed by atoms with Crippen LogP contribution in [0.15, 0.2) is 4.79 Å². The fourth-order valence-corrected chi connectivity index (χ4v) is 4.07. The van der Waals surface area contributed by atoms with Crippen molar-refractivity contribution in [3.8, 4) is 0 Å². The van der Waals surface area contributed by atoms with Gasteiger partial charge in [0, 0.05) is 5.92 Å². The molecule has 0 radical (unpaired) electrons. The fraction of sp³-hybridized carbons (Fsp3) is 0.714. The first kappa shape index (κ1) is 15.4. The van der Waals surface area contributed by atoms with Gasteiger partial charge >= 0.3 is 0 Å². The van der Waals surface area contributed by atoms with Gasteiger partial charge in [0.05, 0.1) is 15.0 Å². The van der Waals surface area contributed by atoms with Crippen LogP contribution in [0.1, 0.15) is 57.0 Å². The Balaban J connectivity index is 2.14. The van der Waals surface area contributed by atoms with Crippen LogP contribution in [0.25, 0.3) is 0 Å². The van der Waals surface area contributed by atoms with E-state index in [1.165, 1.54) is 25.7 Å². The zero-order valence-corrected chi connectivity index (χ0v) is 14.5. The molecule has 19 heavy (non-hydrogen) atoms. The highest BCUT2D eigenvalue weighted by Gasteiger charge is 2.22. The van der Waals surface area contributed by atoms with Gasteiger partial charge in [0.2, 0.25) is 0 Å². The molecule has 1 saturated carbocycles. The first-order valence-electron chi connectivity index (χ1n) is 6.94. The van der Waals surface area contributed by atoms with Crippen LogP contribution < -0.4 is 5.56 Å². The highest BCUT2D eigenvalue weighted by atomic mass is 127. The maximum absolute atomic E-state index is 12.0. The lowest BCUT2D eigenvalue weighted by Gasteiger charge is -2.12. The second kappa shape index (κ2) is 7.11. The highest BCUT2D eigenvalue weighted by molar-refractivity contribution is 14.1. The summed E-state index contributed by atoms with van der Waals surface area (Å²) in [6, 6.07) is 0. The predicted molar refractivity (Wildman–Crippen MR) is 89.8 cm³/mol. The Hall–Kier alpha value is -0.0400. The molecule has 0 spiro atoms. The SMILES string of the molecule is CC(C)CSCc1nc(C2CCCC2)c(I)c(=O)[nH]1. The van der Waals surface area contributed by atoms with E-state index in [0.717, 1.165) is 26.6 Å². The summed E-state index contributed by atoms with van der Waals surface area (Å²) < 4.78 is 0.794. The van der Waals surface area contributed by atoms with E-state index in [2.05, 4.69) is 41.4 Å². The first-order valence-corrected chi connectivity index (χ1v) is 9.17. The summed E-state index contributed by atoms with van der Waals surface area (Å²) in [6.07, 6.45) is 4.91. The average Bonchev–Trinajstić information content (AvgIpc) is 2.86. The van der Waals surface area contributed by atoms with Crippen LogP contribution in [0.2, 0.25) is 0 Å². The summed E-state index contributed by atoms with van der Waals surface area (Å²) in [6.45, 7) is 4.42. The summed E-state index contributed by atoms with van der Waals surface area (Å²) in [7, 11) is 0. The number of hydrogen-bond acceptors (Lipinski definition) is 3. The van der Waals surface area contributed by atoms with Gasteiger partial charge in [-0.25, -0.2) is 4.98 Å². The number of nitrogens with one attached hydrogen (secondary N) is 1. The van der Waals surface area contributed by atoms with Crippen molar-refractivity contribution in [2.24, 2.45) is 5.92 Å². The smallest absolute Gasteiger partial charge is 0.264 e. The maximum Gasteiger partial charge on any atom is 0.264 e. The molecule has 0 bridgehead atoms. The standard InChI is InChI=1S/C14H21IN2OS/c1-9(2)7-19-8-11-16-13(10-5-3-4-6-10)12(15)14(18)17-11/h9-10H,3-8H2,1-2H3,(H,16,17,18). The van der Waals surface area contributed by atoms with Crippen LogP contribution in [0.3, 0.4) is 0 Å². The molecule has 1 aromatic rings. The summed E-state index contributed by atoms with van der Waals surface area (Å²) in [4.78, 5) is 19.6. The monoisotopic (exact) mass is 392 g/mol. The van der Waals surface area contributed by atoms with Crippen LogP contribution in [0, 0.1) is 9.49 Å². The number of aromatic amines is 1. The van der Waals surface area contributed by atoms with Crippen LogP contribution in [-0.2, 0) is 5.75 Å². The number of nitrogens with zero attached hydrogens (tertiary/aromatic N) is 1. The molecule has 106 valence electrons. The van der Waals surface area contributed by atoms with E-state index in [1.54, 1.807) is 0 Å². The van der Waals surface area contributed by atoms with E-state index in [0.29, 0.717) is 11.8 Å². The molecular formula is C14H21IN2OS. The third kappa shape index (κ3) is 4.21. The molecule has 1 aromatic heterocycles. The van der Waals surface area contributed by atoms with E-state index < -0.39 is 0 Å². The van der Waals surface area contributed by atoms with Crippen LogP contribution in [0.5, 0.6) is 0 Å². The Bertz CT molecular complexity index is 481. The number of halogens is 1. The van der Waals surface area contributed by atoms with Crippen molar-refractivity contribution in [3.63, 3.8) is 0 Å². The van der Waals surface area contributed by atoms with Crippen LogP contribution in [0.4, 0.5) is 0 Å². The van der Waals surface area contributed by atoms with Crippen molar-refractivity contribution in [2.45, 2.75) is 51.2 Å². The molecule has 5 heteroatoms. The van der Waals surface area contributed by atoms with Crippen molar-refractivity contribution in [3.05, 3.63) is 25.4 Å². The Morgan fingerprint density at radius 2 is 2.11 bits per heavy atom. The third-order valence-corrected chi connectivity index (χ3v) is 5.79. The van der Waals surface area contributed by atoms with Crippen molar-refractivity contribution in [2.75, 3.05) is 5.75 Å². The van der Waals surface area contributed by atoms with E-state index in [9.17, 15) is 4.79 Å². The molecular weight excluding hydrogens is 371 g/mol. The number of rotatable bonds is 5. The minimum Gasteiger partial charge on any atom is -0.309 e. The van der Waals surface area contributed by atoms with Gasteiger partial charge in [0.1, 0.15) is 5.82 Å². The minimum atomic E-state index is 0.0395. The Kier molecular flexibility index (Phi) is 5.74. The largest absolute Gasteiger partial charge is 0.309 e. The van der Waals surface area contributed by atoms with Gasteiger partial charge in [-0.05, 0) is 47.1 Å². The summed E-state index contributed by atoms with van der Waals surface area (Å²) in [5.74, 6) is 3.94. The number of aromatic nitrogens is 2. The van der Waals surface area contributed by atoms with E-state index >= 15 is 0 Å². The van der Waals surface area contributed by atoms with Gasteiger partial charge in [0.15, 0.2) is 0 Å². The van der Waals surface area contributed by atoms with Gasteiger partial charge in [-0.15, -0.1) is 0 Å². The van der Waals surface area contributed by atoms with Gasteiger partial charge in [-0.2, -0.15) is 11.8 Å². The second-order valence-corrected chi connectivity index (χ2v) is 7.71. The Labute approximate surface area is 132 Å².